The maximum atomic E-state index is 12.2. The Morgan fingerprint density at radius 1 is 1.28 bits per heavy atom. The van der Waals surface area contributed by atoms with Gasteiger partial charge < -0.3 is 5.32 Å². The Morgan fingerprint density at radius 3 is 2.96 bits per heavy atom. The molecule has 128 valence electrons. The van der Waals surface area contributed by atoms with Crippen LogP contribution >= 0.6 is 0 Å². The summed E-state index contributed by atoms with van der Waals surface area (Å²) in [5.74, 6) is 1.93. The van der Waals surface area contributed by atoms with Gasteiger partial charge in [0.15, 0.2) is 0 Å². The van der Waals surface area contributed by atoms with Crippen LogP contribution in [0.1, 0.15) is 18.1 Å². The first-order valence-electron chi connectivity index (χ1n) is 8.12. The summed E-state index contributed by atoms with van der Waals surface area (Å²) in [5, 5.41) is 14.1. The molecule has 1 aliphatic heterocycles. The third kappa shape index (κ3) is 3.21. The van der Waals surface area contributed by atoms with Gasteiger partial charge in [-0.05, 0) is 25.5 Å². The van der Waals surface area contributed by atoms with Gasteiger partial charge in [-0.2, -0.15) is 10.1 Å². The lowest BCUT2D eigenvalue weighted by molar-refractivity contribution is 0.243. The summed E-state index contributed by atoms with van der Waals surface area (Å²) in [6.45, 7) is 2.46. The Hall–Kier alpha value is -3.23. The van der Waals surface area contributed by atoms with Gasteiger partial charge in [0, 0.05) is 6.42 Å². The van der Waals surface area contributed by atoms with Crippen molar-refractivity contribution >= 4 is 12.0 Å². The summed E-state index contributed by atoms with van der Waals surface area (Å²) in [7, 11) is 0. The summed E-state index contributed by atoms with van der Waals surface area (Å²) in [6, 6.07) is 9.35. The molecule has 1 aromatic carbocycles. The van der Waals surface area contributed by atoms with Crippen molar-refractivity contribution in [3.05, 3.63) is 48.3 Å². The van der Waals surface area contributed by atoms with Crippen LogP contribution < -0.4 is 10.6 Å². The molecule has 2 N–H and O–H groups in total. The lowest BCUT2D eigenvalue weighted by Gasteiger charge is -2.23. The molecule has 0 radical (unpaired) electrons. The van der Waals surface area contributed by atoms with Crippen molar-refractivity contribution < 1.29 is 4.79 Å². The second kappa shape index (κ2) is 6.34. The van der Waals surface area contributed by atoms with E-state index >= 15 is 0 Å². The summed E-state index contributed by atoms with van der Waals surface area (Å²) in [5.41, 5.74) is 0.895. The average Bonchev–Trinajstić information content (AvgIpc) is 3.21. The second-order valence-corrected chi connectivity index (χ2v) is 5.92. The Morgan fingerprint density at radius 2 is 2.12 bits per heavy atom. The zero-order chi connectivity index (χ0) is 17.2. The molecular formula is C16H18N8O. The molecule has 1 atom stereocenters. The van der Waals surface area contributed by atoms with Crippen molar-refractivity contribution in [3.63, 3.8) is 0 Å². The first kappa shape index (κ1) is 15.3. The molecule has 9 nitrogen and oxygen atoms in total. The molecule has 0 bridgehead atoms. The van der Waals surface area contributed by atoms with E-state index in [4.69, 9.17) is 0 Å². The van der Waals surface area contributed by atoms with Crippen molar-refractivity contribution in [2.75, 3.05) is 5.32 Å². The number of fused-ring (bicyclic) bond motifs is 1. The van der Waals surface area contributed by atoms with Crippen LogP contribution in [0.15, 0.2) is 36.7 Å². The van der Waals surface area contributed by atoms with Gasteiger partial charge in [0.25, 0.3) is 5.95 Å². The minimum Gasteiger partial charge on any atom is -0.333 e. The molecule has 0 saturated carbocycles. The molecule has 2 aromatic heterocycles. The fourth-order valence-corrected chi connectivity index (χ4v) is 2.94. The predicted molar refractivity (Wildman–Crippen MR) is 90.4 cm³/mol. The molecule has 3 heterocycles. The highest BCUT2D eigenvalue weighted by atomic mass is 16.2. The molecule has 0 fully saturated rings. The molecule has 9 heteroatoms. The van der Waals surface area contributed by atoms with Crippen LogP contribution in [-0.2, 0) is 13.0 Å². The molecule has 25 heavy (non-hydrogen) atoms. The van der Waals surface area contributed by atoms with Gasteiger partial charge in [-0.15, -0.1) is 5.10 Å². The summed E-state index contributed by atoms with van der Waals surface area (Å²) in [6.07, 6.45) is 3.17. The van der Waals surface area contributed by atoms with Crippen molar-refractivity contribution in [2.45, 2.75) is 32.4 Å². The minimum absolute atomic E-state index is 0.00602. The minimum atomic E-state index is -0.321. The molecule has 0 saturated heterocycles. The van der Waals surface area contributed by atoms with Crippen molar-refractivity contribution in [3.8, 4) is 5.69 Å². The SMILES string of the molecule is Cc1nc(NC(=O)NC2CCc3ncnn3C2)nn1-c1ccccc1. The van der Waals surface area contributed by atoms with E-state index in [-0.39, 0.29) is 18.0 Å². The van der Waals surface area contributed by atoms with Gasteiger partial charge in [0.1, 0.15) is 18.0 Å². The largest absolute Gasteiger partial charge is 0.333 e. The normalized spacial score (nSPS) is 16.3. The number of rotatable bonds is 3. The van der Waals surface area contributed by atoms with Crippen LogP contribution in [0.5, 0.6) is 0 Å². The quantitative estimate of drug-likeness (QED) is 0.749. The van der Waals surface area contributed by atoms with Crippen LogP contribution in [-0.4, -0.2) is 41.6 Å². The smallest absolute Gasteiger partial charge is 0.321 e. The number of aromatic nitrogens is 6. The third-order valence-electron chi connectivity index (χ3n) is 4.14. The number of anilines is 1. The maximum Gasteiger partial charge on any atom is 0.321 e. The molecule has 1 unspecified atom stereocenters. The number of nitrogens with zero attached hydrogens (tertiary/aromatic N) is 6. The number of para-hydroxylation sites is 1. The third-order valence-corrected chi connectivity index (χ3v) is 4.14. The highest BCUT2D eigenvalue weighted by molar-refractivity contribution is 5.87. The van der Waals surface area contributed by atoms with Crippen LogP contribution in [0, 0.1) is 6.92 Å². The van der Waals surface area contributed by atoms with Crippen molar-refractivity contribution in [1.82, 2.24) is 34.8 Å². The zero-order valence-corrected chi connectivity index (χ0v) is 13.8. The number of carbonyl (C=O) groups is 1. The molecule has 0 spiro atoms. The van der Waals surface area contributed by atoms with E-state index < -0.39 is 0 Å². The zero-order valence-electron chi connectivity index (χ0n) is 13.8. The van der Waals surface area contributed by atoms with E-state index in [1.54, 1.807) is 11.0 Å². The van der Waals surface area contributed by atoms with E-state index in [0.29, 0.717) is 12.4 Å². The standard InChI is InChI=1S/C16H18N8O/c1-11-19-15(22-24(11)13-5-3-2-4-6-13)21-16(25)20-12-7-8-14-17-10-18-23(14)9-12/h2-6,10,12H,7-9H2,1H3,(H2,20,21,22,25). The van der Waals surface area contributed by atoms with Crippen molar-refractivity contribution in [1.29, 1.82) is 0 Å². The molecule has 0 aliphatic carbocycles. The van der Waals surface area contributed by atoms with Crippen LogP contribution in [0.3, 0.4) is 0 Å². The molecule has 2 amide bonds. The predicted octanol–water partition coefficient (Wildman–Crippen LogP) is 1.30. The Labute approximate surface area is 144 Å². The Balaban J connectivity index is 1.40. The van der Waals surface area contributed by atoms with Gasteiger partial charge >= 0.3 is 6.03 Å². The van der Waals surface area contributed by atoms with Gasteiger partial charge in [0.05, 0.1) is 18.3 Å². The number of benzene rings is 1. The average molecular weight is 338 g/mol. The summed E-state index contributed by atoms with van der Waals surface area (Å²) >= 11 is 0. The number of hydrogen-bond acceptors (Lipinski definition) is 5. The summed E-state index contributed by atoms with van der Waals surface area (Å²) in [4.78, 5) is 20.7. The van der Waals surface area contributed by atoms with E-state index in [0.717, 1.165) is 24.4 Å². The first-order chi connectivity index (χ1) is 12.2. The van der Waals surface area contributed by atoms with E-state index in [9.17, 15) is 4.79 Å². The number of amides is 2. The van der Waals surface area contributed by atoms with E-state index in [1.165, 1.54) is 0 Å². The van der Waals surface area contributed by atoms with Crippen LogP contribution in [0.2, 0.25) is 0 Å². The van der Waals surface area contributed by atoms with Crippen LogP contribution in [0.4, 0.5) is 10.7 Å². The Kier molecular flexibility index (Phi) is 3.88. The van der Waals surface area contributed by atoms with Crippen LogP contribution in [0.25, 0.3) is 5.69 Å². The topological polar surface area (TPSA) is 103 Å². The Bertz CT molecular complexity index is 885. The fraction of sp³-hybridized carbons (Fsp3) is 0.312. The van der Waals surface area contributed by atoms with Gasteiger partial charge in [-0.1, -0.05) is 18.2 Å². The first-order valence-corrected chi connectivity index (χ1v) is 8.12. The maximum absolute atomic E-state index is 12.2. The molecule has 4 rings (SSSR count). The number of aryl methyl sites for hydroxylation is 2. The highest BCUT2D eigenvalue weighted by Crippen LogP contribution is 2.13. The number of nitrogens with one attached hydrogen (secondary N) is 2. The van der Waals surface area contributed by atoms with Crippen molar-refractivity contribution in [2.24, 2.45) is 0 Å². The van der Waals surface area contributed by atoms with Gasteiger partial charge in [-0.25, -0.2) is 19.1 Å². The number of hydrogen-bond donors (Lipinski definition) is 2. The number of urea groups is 1. The van der Waals surface area contributed by atoms with E-state index in [1.807, 2.05) is 41.9 Å². The van der Waals surface area contributed by atoms with Gasteiger partial charge in [0.2, 0.25) is 0 Å². The number of carbonyl (C=O) groups excluding carboxylic acids is 1. The lowest BCUT2D eigenvalue weighted by Crippen LogP contribution is -2.43. The molecular weight excluding hydrogens is 320 g/mol. The lowest BCUT2D eigenvalue weighted by atomic mass is 10.1. The monoisotopic (exact) mass is 338 g/mol. The molecule has 1 aliphatic rings. The highest BCUT2D eigenvalue weighted by Gasteiger charge is 2.21. The van der Waals surface area contributed by atoms with E-state index in [2.05, 4.69) is 30.8 Å². The fourth-order valence-electron chi connectivity index (χ4n) is 2.94. The summed E-state index contributed by atoms with van der Waals surface area (Å²) < 4.78 is 3.51. The van der Waals surface area contributed by atoms with Gasteiger partial charge in [-0.3, -0.25) is 5.32 Å². The second-order valence-electron chi connectivity index (χ2n) is 5.92. The molecule has 3 aromatic rings.